The minimum Gasteiger partial charge on any atom is -0.450 e. The predicted molar refractivity (Wildman–Crippen MR) is 46.1 cm³/mol. The molecule has 0 bridgehead atoms. The molecular formula is C10H6F2O2. The van der Waals surface area contributed by atoms with Gasteiger partial charge in [0.1, 0.15) is 0 Å². The van der Waals surface area contributed by atoms with Crippen molar-refractivity contribution in [3.8, 4) is 0 Å². The molecule has 0 fully saturated rings. The van der Waals surface area contributed by atoms with Crippen LogP contribution >= 0.6 is 0 Å². The summed E-state index contributed by atoms with van der Waals surface area (Å²) in [6, 6.07) is 3.75. The number of hydrogen-bond acceptors (Lipinski definition) is 2. The van der Waals surface area contributed by atoms with Crippen LogP contribution in [0.4, 0.5) is 8.78 Å². The molecule has 0 radical (unpaired) electrons. The van der Waals surface area contributed by atoms with Crippen LogP contribution in [0.5, 0.6) is 0 Å². The number of furan rings is 1. The number of hydrogen-bond donors (Lipinski definition) is 0. The first kappa shape index (κ1) is 8.87. The third-order valence-electron chi connectivity index (χ3n) is 1.93. The lowest BCUT2D eigenvalue weighted by Gasteiger charge is -1.91. The highest BCUT2D eigenvalue weighted by molar-refractivity contribution is 5.96. The molecule has 0 saturated carbocycles. The van der Waals surface area contributed by atoms with Crippen LogP contribution < -0.4 is 0 Å². The van der Waals surface area contributed by atoms with E-state index in [0.717, 1.165) is 6.07 Å². The average Bonchev–Trinajstić information content (AvgIpc) is 2.56. The lowest BCUT2D eigenvalue weighted by molar-refractivity contribution is 0.0989. The molecule has 2 rings (SSSR count). The molecule has 0 unspecified atom stereocenters. The summed E-state index contributed by atoms with van der Waals surface area (Å²) < 4.78 is 30.7. The standard InChI is InChI=1S/C10H6F2O2/c1-5(13)8-4-6-2-3-7(11)9(12)10(6)14-8/h2-4H,1H3. The molecule has 4 heteroatoms. The van der Waals surface area contributed by atoms with Crippen LogP contribution in [-0.2, 0) is 0 Å². The second kappa shape index (κ2) is 2.90. The van der Waals surface area contributed by atoms with Crippen LogP contribution in [0.3, 0.4) is 0 Å². The van der Waals surface area contributed by atoms with E-state index in [1.807, 2.05) is 0 Å². The van der Waals surface area contributed by atoms with E-state index >= 15 is 0 Å². The number of carbonyl (C=O) groups excluding carboxylic acids is 1. The Morgan fingerprint density at radius 1 is 1.36 bits per heavy atom. The number of rotatable bonds is 1. The van der Waals surface area contributed by atoms with E-state index < -0.39 is 11.6 Å². The molecule has 14 heavy (non-hydrogen) atoms. The fraction of sp³-hybridized carbons (Fsp3) is 0.100. The van der Waals surface area contributed by atoms with Gasteiger partial charge in [0.2, 0.25) is 5.82 Å². The summed E-state index contributed by atoms with van der Waals surface area (Å²) in [7, 11) is 0. The third-order valence-corrected chi connectivity index (χ3v) is 1.93. The van der Waals surface area contributed by atoms with Crippen molar-refractivity contribution < 1.29 is 18.0 Å². The normalized spacial score (nSPS) is 10.8. The van der Waals surface area contributed by atoms with Crippen LogP contribution in [0.25, 0.3) is 11.0 Å². The summed E-state index contributed by atoms with van der Waals surface area (Å²) in [6.45, 7) is 1.30. The maximum Gasteiger partial charge on any atom is 0.201 e. The highest BCUT2D eigenvalue weighted by Crippen LogP contribution is 2.24. The maximum atomic E-state index is 13.1. The van der Waals surface area contributed by atoms with Crippen molar-refractivity contribution in [1.82, 2.24) is 0 Å². The Hall–Kier alpha value is -1.71. The maximum absolute atomic E-state index is 13.1. The Morgan fingerprint density at radius 2 is 2.07 bits per heavy atom. The highest BCUT2D eigenvalue weighted by Gasteiger charge is 2.14. The number of Topliss-reactive ketones (excluding diaryl/α,β-unsaturated/α-hetero) is 1. The van der Waals surface area contributed by atoms with Gasteiger partial charge < -0.3 is 4.42 Å². The Labute approximate surface area is 78.1 Å². The number of ketones is 1. The monoisotopic (exact) mass is 196 g/mol. The first-order chi connectivity index (χ1) is 6.59. The molecule has 0 N–H and O–H groups in total. The molecule has 0 spiro atoms. The smallest absolute Gasteiger partial charge is 0.201 e. The van der Waals surface area contributed by atoms with Gasteiger partial charge in [0.25, 0.3) is 0 Å². The molecule has 0 atom stereocenters. The van der Waals surface area contributed by atoms with Crippen molar-refractivity contribution in [2.75, 3.05) is 0 Å². The molecule has 0 aliphatic heterocycles. The molecule has 0 aliphatic rings. The predicted octanol–water partition coefficient (Wildman–Crippen LogP) is 2.91. The fourth-order valence-corrected chi connectivity index (χ4v) is 1.22. The molecule has 1 heterocycles. The quantitative estimate of drug-likeness (QED) is 0.656. The van der Waals surface area contributed by atoms with Crippen molar-refractivity contribution in [3.05, 3.63) is 35.6 Å². The molecule has 1 aromatic heterocycles. The lowest BCUT2D eigenvalue weighted by Crippen LogP contribution is -1.86. The summed E-state index contributed by atoms with van der Waals surface area (Å²) in [6.07, 6.45) is 0. The number of benzene rings is 1. The van der Waals surface area contributed by atoms with Crippen molar-refractivity contribution in [2.24, 2.45) is 0 Å². The van der Waals surface area contributed by atoms with Crippen molar-refractivity contribution in [1.29, 1.82) is 0 Å². The summed E-state index contributed by atoms with van der Waals surface area (Å²) in [5, 5.41) is 0.383. The van der Waals surface area contributed by atoms with Crippen LogP contribution in [-0.4, -0.2) is 5.78 Å². The lowest BCUT2D eigenvalue weighted by atomic mass is 10.2. The minimum absolute atomic E-state index is 0.0319. The zero-order valence-corrected chi connectivity index (χ0v) is 7.30. The first-order valence-corrected chi connectivity index (χ1v) is 3.98. The van der Waals surface area contributed by atoms with Gasteiger partial charge in [0, 0.05) is 12.3 Å². The van der Waals surface area contributed by atoms with E-state index in [2.05, 4.69) is 0 Å². The summed E-state index contributed by atoms with van der Waals surface area (Å²) >= 11 is 0. The van der Waals surface area contributed by atoms with E-state index in [9.17, 15) is 13.6 Å². The second-order valence-electron chi connectivity index (χ2n) is 2.95. The average molecular weight is 196 g/mol. The topological polar surface area (TPSA) is 30.2 Å². The highest BCUT2D eigenvalue weighted by atomic mass is 19.2. The van der Waals surface area contributed by atoms with E-state index in [1.165, 1.54) is 19.1 Å². The van der Waals surface area contributed by atoms with Crippen LogP contribution in [0.1, 0.15) is 17.5 Å². The Balaban J connectivity index is 2.77. The van der Waals surface area contributed by atoms with Gasteiger partial charge in [-0.2, -0.15) is 4.39 Å². The molecule has 0 aliphatic carbocycles. The summed E-state index contributed by atoms with van der Waals surface area (Å²) in [4.78, 5) is 10.9. The van der Waals surface area contributed by atoms with Gasteiger partial charge >= 0.3 is 0 Å². The van der Waals surface area contributed by atoms with Gasteiger partial charge in [0.05, 0.1) is 0 Å². The first-order valence-electron chi connectivity index (χ1n) is 3.98. The molecular weight excluding hydrogens is 190 g/mol. The number of halogens is 2. The zero-order chi connectivity index (χ0) is 10.3. The summed E-state index contributed by atoms with van der Waals surface area (Å²) in [5.41, 5.74) is -0.213. The minimum atomic E-state index is -1.06. The fourth-order valence-electron chi connectivity index (χ4n) is 1.22. The Bertz CT molecular complexity index is 514. The van der Waals surface area contributed by atoms with Crippen molar-refractivity contribution in [3.63, 3.8) is 0 Å². The third kappa shape index (κ3) is 1.19. The number of fused-ring (bicyclic) bond motifs is 1. The number of carbonyl (C=O) groups is 1. The molecule has 2 aromatic rings. The van der Waals surface area contributed by atoms with Crippen molar-refractivity contribution >= 4 is 16.8 Å². The van der Waals surface area contributed by atoms with Gasteiger partial charge in [-0.05, 0) is 18.2 Å². The zero-order valence-electron chi connectivity index (χ0n) is 7.30. The van der Waals surface area contributed by atoms with Gasteiger partial charge in [0.15, 0.2) is 22.9 Å². The van der Waals surface area contributed by atoms with E-state index in [-0.39, 0.29) is 17.1 Å². The van der Waals surface area contributed by atoms with E-state index in [4.69, 9.17) is 4.42 Å². The Morgan fingerprint density at radius 3 is 2.71 bits per heavy atom. The molecule has 0 amide bonds. The largest absolute Gasteiger partial charge is 0.450 e. The van der Waals surface area contributed by atoms with Crippen molar-refractivity contribution in [2.45, 2.75) is 6.92 Å². The van der Waals surface area contributed by atoms with Gasteiger partial charge in [-0.15, -0.1) is 0 Å². The van der Waals surface area contributed by atoms with Gasteiger partial charge in [-0.3, -0.25) is 4.79 Å². The van der Waals surface area contributed by atoms with Crippen LogP contribution in [0.2, 0.25) is 0 Å². The molecule has 1 aromatic carbocycles. The summed E-state index contributed by atoms with van der Waals surface area (Å²) in [5.74, 6) is -2.33. The molecule has 0 saturated heterocycles. The molecule has 72 valence electrons. The molecule has 2 nitrogen and oxygen atoms in total. The SMILES string of the molecule is CC(=O)c1cc2ccc(F)c(F)c2o1. The van der Waals surface area contributed by atoms with Gasteiger partial charge in [-0.1, -0.05) is 0 Å². The Kier molecular flexibility index (Phi) is 1.84. The van der Waals surface area contributed by atoms with Crippen LogP contribution in [0, 0.1) is 11.6 Å². The van der Waals surface area contributed by atoms with Crippen LogP contribution in [0.15, 0.2) is 22.6 Å². The second-order valence-corrected chi connectivity index (χ2v) is 2.95. The van der Waals surface area contributed by atoms with E-state index in [0.29, 0.717) is 5.39 Å². The van der Waals surface area contributed by atoms with Gasteiger partial charge in [-0.25, -0.2) is 4.39 Å². The van der Waals surface area contributed by atoms with E-state index in [1.54, 1.807) is 0 Å².